The third-order valence-electron chi connectivity index (χ3n) is 6.02. The van der Waals surface area contributed by atoms with Gasteiger partial charge >= 0.3 is 0 Å². The molecule has 0 saturated carbocycles. The molecule has 0 aliphatic carbocycles. The van der Waals surface area contributed by atoms with Crippen LogP contribution in [0.15, 0.2) is 42.5 Å². The van der Waals surface area contributed by atoms with Gasteiger partial charge in [-0.3, -0.25) is 9.59 Å². The van der Waals surface area contributed by atoms with Crippen LogP contribution in [0.25, 0.3) is 23.3 Å². The molecule has 182 valence electrons. The van der Waals surface area contributed by atoms with Crippen LogP contribution < -0.4 is 29.6 Å². The zero-order valence-corrected chi connectivity index (χ0v) is 20.1. The van der Waals surface area contributed by atoms with Crippen molar-refractivity contribution in [3.05, 3.63) is 65.0 Å². The number of hydrogen-bond acceptors (Lipinski definition) is 7. The molecule has 0 fully saturated rings. The van der Waals surface area contributed by atoms with Crippen molar-refractivity contribution in [1.82, 2.24) is 4.98 Å². The van der Waals surface area contributed by atoms with Gasteiger partial charge in [0, 0.05) is 0 Å². The van der Waals surface area contributed by atoms with E-state index < -0.39 is 0 Å². The second-order valence-electron chi connectivity index (χ2n) is 7.95. The third-order valence-corrected chi connectivity index (χ3v) is 6.02. The summed E-state index contributed by atoms with van der Waals surface area (Å²) >= 11 is 0. The molecule has 0 atom stereocenters. The molecule has 3 heterocycles. The number of fused-ring (bicyclic) bond motifs is 2. The number of nitrogens with zero attached hydrogens (tertiary/aromatic N) is 1. The predicted octanol–water partition coefficient (Wildman–Crippen LogP) is 4.10. The molecule has 0 saturated heterocycles. The lowest BCUT2D eigenvalue weighted by molar-refractivity contribution is -0.111. The molecule has 2 aromatic carbocycles. The van der Waals surface area contributed by atoms with E-state index >= 15 is 0 Å². The number of nitrogens with one attached hydrogen (secondary N) is 2. The summed E-state index contributed by atoms with van der Waals surface area (Å²) in [6, 6.07) is 12.3. The Morgan fingerprint density at radius 3 is 1.39 bits per heavy atom. The first kappa shape index (κ1) is 23.0. The molecule has 9 heteroatoms. The molecular formula is C27H23N3O6. The smallest absolute Gasteiger partial charge is 0.256 e. The number of carbonyl (C=O) groups is 2. The molecule has 0 spiro atoms. The maximum atomic E-state index is 12.8. The number of hydrogen-bond donors (Lipinski definition) is 2. The molecule has 1 aromatic heterocycles. The Morgan fingerprint density at radius 1 is 0.611 bits per heavy atom. The summed E-state index contributed by atoms with van der Waals surface area (Å²) in [5, 5.41) is 5.69. The lowest BCUT2D eigenvalue weighted by Gasteiger charge is -2.10. The van der Waals surface area contributed by atoms with Crippen molar-refractivity contribution in [2.45, 2.75) is 0 Å². The van der Waals surface area contributed by atoms with Crippen LogP contribution in [0.3, 0.4) is 0 Å². The van der Waals surface area contributed by atoms with Crippen molar-refractivity contribution in [3.8, 4) is 23.0 Å². The molecule has 0 unspecified atom stereocenters. The number of ether oxygens (including phenoxy) is 4. The van der Waals surface area contributed by atoms with Crippen molar-refractivity contribution in [2.75, 3.05) is 39.1 Å². The van der Waals surface area contributed by atoms with E-state index in [0.717, 1.165) is 0 Å². The molecule has 2 amide bonds. The Balaban J connectivity index is 1.58. The van der Waals surface area contributed by atoms with E-state index in [2.05, 4.69) is 15.6 Å². The molecule has 2 aliphatic rings. The fourth-order valence-electron chi connectivity index (χ4n) is 4.38. The minimum Gasteiger partial charge on any atom is -0.496 e. The first-order chi connectivity index (χ1) is 17.5. The Labute approximate surface area is 207 Å². The highest BCUT2D eigenvalue weighted by atomic mass is 16.5. The van der Waals surface area contributed by atoms with E-state index in [-0.39, 0.29) is 11.8 Å². The second kappa shape index (κ2) is 9.10. The molecule has 9 nitrogen and oxygen atoms in total. The zero-order chi connectivity index (χ0) is 25.4. The molecular weight excluding hydrogens is 462 g/mol. The molecule has 2 N–H and O–H groups in total. The fraction of sp³-hybridized carbons (Fsp3) is 0.148. The van der Waals surface area contributed by atoms with Gasteiger partial charge in [-0.2, -0.15) is 0 Å². The summed E-state index contributed by atoms with van der Waals surface area (Å²) in [5.74, 6) is 1.55. The molecule has 5 rings (SSSR count). The zero-order valence-electron chi connectivity index (χ0n) is 20.1. The van der Waals surface area contributed by atoms with E-state index in [4.69, 9.17) is 18.9 Å². The van der Waals surface area contributed by atoms with Crippen molar-refractivity contribution >= 4 is 46.5 Å². The van der Waals surface area contributed by atoms with Crippen LogP contribution in [-0.4, -0.2) is 45.2 Å². The van der Waals surface area contributed by atoms with Crippen molar-refractivity contribution in [2.24, 2.45) is 0 Å². The van der Waals surface area contributed by atoms with Gasteiger partial charge in [0.15, 0.2) is 0 Å². The highest BCUT2D eigenvalue weighted by molar-refractivity contribution is 6.37. The number of benzene rings is 2. The average Bonchev–Trinajstić information content (AvgIpc) is 3.39. The quantitative estimate of drug-likeness (QED) is 0.506. The third kappa shape index (κ3) is 3.70. The minimum absolute atomic E-state index is 0.292. The Bertz CT molecular complexity index is 1370. The molecule has 36 heavy (non-hydrogen) atoms. The van der Waals surface area contributed by atoms with Gasteiger partial charge in [0.1, 0.15) is 23.0 Å². The van der Waals surface area contributed by atoms with Crippen LogP contribution >= 0.6 is 0 Å². The summed E-state index contributed by atoms with van der Waals surface area (Å²) in [6.07, 6.45) is 3.36. The molecule has 0 bridgehead atoms. The monoisotopic (exact) mass is 485 g/mol. The van der Waals surface area contributed by atoms with Crippen molar-refractivity contribution in [3.63, 3.8) is 0 Å². The van der Waals surface area contributed by atoms with E-state index in [9.17, 15) is 9.59 Å². The first-order valence-electron chi connectivity index (χ1n) is 11.0. The minimum atomic E-state index is -0.292. The van der Waals surface area contributed by atoms with Crippen LogP contribution in [0.5, 0.6) is 23.0 Å². The molecule has 3 aromatic rings. The van der Waals surface area contributed by atoms with Gasteiger partial charge in [-0.25, -0.2) is 4.98 Å². The summed E-state index contributed by atoms with van der Waals surface area (Å²) < 4.78 is 21.8. The van der Waals surface area contributed by atoms with Crippen molar-refractivity contribution < 1.29 is 28.5 Å². The highest BCUT2D eigenvalue weighted by Gasteiger charge is 2.32. The topological polar surface area (TPSA) is 108 Å². The summed E-state index contributed by atoms with van der Waals surface area (Å²) in [7, 11) is 6.16. The van der Waals surface area contributed by atoms with Gasteiger partial charge in [0.05, 0.1) is 73.5 Å². The van der Waals surface area contributed by atoms with E-state index in [0.29, 0.717) is 68.0 Å². The summed E-state index contributed by atoms with van der Waals surface area (Å²) in [4.78, 5) is 30.3. The normalized spacial score (nSPS) is 15.9. The number of rotatable bonds is 6. The van der Waals surface area contributed by atoms with Crippen LogP contribution in [-0.2, 0) is 9.59 Å². The summed E-state index contributed by atoms with van der Waals surface area (Å²) in [5.41, 5.74) is 4.16. The number of aromatic nitrogens is 1. The van der Waals surface area contributed by atoms with Gasteiger partial charge in [0.25, 0.3) is 11.8 Å². The number of anilines is 2. The van der Waals surface area contributed by atoms with Gasteiger partial charge in [-0.1, -0.05) is 6.07 Å². The van der Waals surface area contributed by atoms with Gasteiger partial charge < -0.3 is 29.6 Å². The Hall–Kier alpha value is -4.79. The van der Waals surface area contributed by atoms with E-state index in [1.54, 1.807) is 68.8 Å². The number of amides is 2. The summed E-state index contributed by atoms with van der Waals surface area (Å²) in [6.45, 7) is 0. The lowest BCUT2D eigenvalue weighted by Crippen LogP contribution is -2.05. The van der Waals surface area contributed by atoms with Crippen LogP contribution in [0, 0.1) is 0 Å². The van der Waals surface area contributed by atoms with Crippen molar-refractivity contribution in [1.29, 1.82) is 0 Å². The van der Waals surface area contributed by atoms with Gasteiger partial charge in [0.2, 0.25) is 0 Å². The maximum absolute atomic E-state index is 12.8. The second-order valence-corrected chi connectivity index (χ2v) is 7.95. The molecule has 0 radical (unpaired) electrons. The van der Waals surface area contributed by atoms with Crippen LogP contribution in [0.2, 0.25) is 0 Å². The van der Waals surface area contributed by atoms with Gasteiger partial charge in [-0.05, 0) is 48.6 Å². The van der Waals surface area contributed by atoms with Crippen LogP contribution in [0.1, 0.15) is 22.5 Å². The maximum Gasteiger partial charge on any atom is 0.256 e. The largest absolute Gasteiger partial charge is 0.496 e. The predicted molar refractivity (Wildman–Crippen MR) is 136 cm³/mol. The molecule has 2 aliphatic heterocycles. The SMILES string of the molecule is COc1ccc(OC)c2c1NC(=O)/C2=C/c1cccc(/C=C2/C(=O)Nc3c(OC)ccc(OC)c32)n1. The van der Waals surface area contributed by atoms with E-state index in [1.165, 1.54) is 14.2 Å². The number of methoxy groups -OCH3 is 4. The fourth-order valence-corrected chi connectivity index (χ4v) is 4.38. The van der Waals surface area contributed by atoms with Gasteiger partial charge in [-0.15, -0.1) is 0 Å². The highest BCUT2D eigenvalue weighted by Crippen LogP contribution is 2.46. The number of carbonyl (C=O) groups excluding carboxylic acids is 2. The van der Waals surface area contributed by atoms with E-state index in [1.807, 2.05) is 0 Å². The number of pyridine rings is 1. The van der Waals surface area contributed by atoms with Crippen LogP contribution in [0.4, 0.5) is 11.4 Å². The standard InChI is InChI=1S/C27H23N3O6/c1-33-18-8-10-20(35-3)24-22(18)16(26(31)29-24)12-14-6-5-7-15(28-14)13-17-23-19(34-2)9-11-21(36-4)25(23)30-27(17)32/h5-13H,1-4H3,(H,29,31)(H,30,32)/b16-12+,17-13+. The average molecular weight is 485 g/mol. The first-order valence-corrected chi connectivity index (χ1v) is 11.0. The Morgan fingerprint density at radius 2 is 1.00 bits per heavy atom. The Kier molecular flexibility index (Phi) is 5.81. The lowest BCUT2D eigenvalue weighted by atomic mass is 10.0.